The van der Waals surface area contributed by atoms with Crippen molar-refractivity contribution in [2.45, 2.75) is 57.3 Å². The first-order chi connectivity index (χ1) is 10.5. The van der Waals surface area contributed by atoms with Gasteiger partial charge in [0, 0.05) is 0 Å². The fraction of sp³-hybridized carbons (Fsp3) is 0.444. The van der Waals surface area contributed by atoms with Gasteiger partial charge in [-0.25, -0.2) is 8.42 Å². The summed E-state index contributed by atoms with van der Waals surface area (Å²) in [6.45, 7) is 4.24. The molecule has 3 nitrogen and oxygen atoms in total. The van der Waals surface area contributed by atoms with E-state index < -0.39 is 10.1 Å². The second-order valence-electron chi connectivity index (χ2n) is 5.81. The third-order valence-electron chi connectivity index (χ3n) is 3.95. The summed E-state index contributed by atoms with van der Waals surface area (Å²) >= 11 is 0. The van der Waals surface area contributed by atoms with E-state index in [4.69, 9.17) is 0 Å². The number of aryl methyl sites for hydroxylation is 2. The van der Waals surface area contributed by atoms with E-state index in [0.29, 0.717) is 5.39 Å². The van der Waals surface area contributed by atoms with Gasteiger partial charge in [0.05, 0.1) is 4.90 Å². The van der Waals surface area contributed by atoms with Crippen LogP contribution >= 0.6 is 0 Å². The molecule has 0 bridgehead atoms. The number of unbranched alkanes of at least 4 members (excludes halogenated alkanes) is 2. The fourth-order valence-corrected chi connectivity index (χ4v) is 3.46. The Morgan fingerprint density at radius 3 is 2.04 bits per heavy atom. The molecule has 0 unspecified atom stereocenters. The van der Waals surface area contributed by atoms with Crippen molar-refractivity contribution in [1.82, 2.24) is 0 Å². The molecule has 0 aliphatic heterocycles. The van der Waals surface area contributed by atoms with Gasteiger partial charge in [-0.3, -0.25) is 0 Å². The van der Waals surface area contributed by atoms with E-state index in [0.717, 1.165) is 49.5 Å². The number of hydrogen-bond donors (Lipinski definition) is 0. The van der Waals surface area contributed by atoms with Crippen LogP contribution in [0.15, 0.2) is 35.2 Å². The zero-order valence-corrected chi connectivity index (χ0v) is 18.2. The molecular weight excluding hydrogens is 335 g/mol. The third kappa shape index (κ3) is 5.92. The Balaban J connectivity index is 0.00000264. The predicted molar refractivity (Wildman–Crippen MR) is 89.1 cm³/mol. The van der Waals surface area contributed by atoms with Gasteiger partial charge in [-0.2, -0.15) is 0 Å². The minimum absolute atomic E-state index is 0. The first-order valence-electron chi connectivity index (χ1n) is 7.97. The molecule has 0 fully saturated rings. The Hall–Kier alpha value is 0.246. The topological polar surface area (TPSA) is 57.2 Å². The van der Waals surface area contributed by atoms with Gasteiger partial charge >= 0.3 is 51.4 Å². The standard InChI is InChI=1S/C18H24O3S.K/c1-3-5-7-14-9-10-17-16(11-14)12-15(8-6-4-2)13-18(17)22(19,20)21;/h9-13H,3-8H2,1-2H3,(H,19,20,21);/q;+1/p-1. The number of hydrogen-bond acceptors (Lipinski definition) is 3. The summed E-state index contributed by atoms with van der Waals surface area (Å²) in [5, 5.41) is 1.40. The van der Waals surface area contributed by atoms with Gasteiger partial charge in [-0.1, -0.05) is 51.0 Å². The van der Waals surface area contributed by atoms with Crippen molar-refractivity contribution >= 4 is 20.9 Å². The van der Waals surface area contributed by atoms with Gasteiger partial charge in [0.25, 0.3) is 0 Å². The molecule has 0 atom stereocenters. The summed E-state index contributed by atoms with van der Waals surface area (Å²) in [6, 6.07) is 9.30. The van der Waals surface area contributed by atoms with Gasteiger partial charge in [0.1, 0.15) is 10.1 Å². The molecule has 5 heteroatoms. The molecule has 0 radical (unpaired) electrons. The van der Waals surface area contributed by atoms with Crippen molar-refractivity contribution in [2.75, 3.05) is 0 Å². The zero-order chi connectivity index (χ0) is 16.2. The average Bonchev–Trinajstić information content (AvgIpc) is 2.48. The molecule has 0 N–H and O–H groups in total. The Morgan fingerprint density at radius 2 is 1.48 bits per heavy atom. The van der Waals surface area contributed by atoms with Crippen molar-refractivity contribution in [3.8, 4) is 0 Å². The minimum Gasteiger partial charge on any atom is -0.744 e. The second-order valence-corrected chi connectivity index (χ2v) is 7.16. The number of benzene rings is 2. The maximum Gasteiger partial charge on any atom is 1.00 e. The molecule has 2 rings (SSSR count). The van der Waals surface area contributed by atoms with Crippen molar-refractivity contribution < 1.29 is 64.4 Å². The maximum absolute atomic E-state index is 11.6. The number of rotatable bonds is 7. The second kappa shape index (κ2) is 9.66. The summed E-state index contributed by atoms with van der Waals surface area (Å²) in [5.41, 5.74) is 2.12. The SMILES string of the molecule is CCCCc1ccc2c(S(=O)(=O)[O-])cc(CCCC)cc2c1.[K+]. The van der Waals surface area contributed by atoms with Crippen molar-refractivity contribution in [2.24, 2.45) is 0 Å². The van der Waals surface area contributed by atoms with Crippen LogP contribution in [0.1, 0.15) is 50.7 Å². The molecular formula is C18H23KO3S. The van der Waals surface area contributed by atoms with Crippen LogP contribution in [-0.2, 0) is 23.0 Å². The normalized spacial score (nSPS) is 11.4. The zero-order valence-electron chi connectivity index (χ0n) is 14.3. The van der Waals surface area contributed by atoms with E-state index >= 15 is 0 Å². The monoisotopic (exact) mass is 358 g/mol. The molecule has 120 valence electrons. The van der Waals surface area contributed by atoms with Crippen LogP contribution < -0.4 is 51.4 Å². The molecule has 0 aromatic heterocycles. The predicted octanol–water partition coefficient (Wildman–Crippen LogP) is 1.43. The van der Waals surface area contributed by atoms with Crippen molar-refractivity contribution in [3.05, 3.63) is 41.5 Å². The van der Waals surface area contributed by atoms with Crippen LogP contribution in [-0.4, -0.2) is 13.0 Å². The molecule has 0 aliphatic carbocycles. The molecule has 2 aromatic rings. The van der Waals surface area contributed by atoms with Crippen LogP contribution in [0.3, 0.4) is 0 Å². The quantitative estimate of drug-likeness (QED) is 0.556. The van der Waals surface area contributed by atoms with Crippen LogP contribution in [0.2, 0.25) is 0 Å². The van der Waals surface area contributed by atoms with Gasteiger partial charge in [0.15, 0.2) is 0 Å². The molecule has 2 aromatic carbocycles. The van der Waals surface area contributed by atoms with Crippen LogP contribution in [0, 0.1) is 0 Å². The average molecular weight is 359 g/mol. The first kappa shape index (κ1) is 21.3. The fourth-order valence-electron chi connectivity index (χ4n) is 2.71. The van der Waals surface area contributed by atoms with Crippen LogP contribution in [0.5, 0.6) is 0 Å². The number of fused-ring (bicyclic) bond motifs is 1. The Kier molecular flexibility index (Phi) is 8.94. The van der Waals surface area contributed by atoms with Crippen molar-refractivity contribution in [3.63, 3.8) is 0 Å². The molecule has 0 aliphatic rings. The summed E-state index contributed by atoms with van der Waals surface area (Å²) in [5.74, 6) is 0. The van der Waals surface area contributed by atoms with E-state index in [9.17, 15) is 13.0 Å². The van der Waals surface area contributed by atoms with E-state index in [1.807, 2.05) is 18.2 Å². The minimum atomic E-state index is -4.46. The summed E-state index contributed by atoms with van der Waals surface area (Å²) in [4.78, 5) is -0.0851. The Morgan fingerprint density at radius 1 is 0.913 bits per heavy atom. The van der Waals surface area contributed by atoms with Gasteiger partial charge in [-0.15, -0.1) is 0 Å². The van der Waals surface area contributed by atoms with Gasteiger partial charge in [0.2, 0.25) is 0 Å². The molecule has 0 saturated heterocycles. The van der Waals surface area contributed by atoms with Crippen LogP contribution in [0.4, 0.5) is 0 Å². The summed E-state index contributed by atoms with van der Waals surface area (Å²) < 4.78 is 34.7. The van der Waals surface area contributed by atoms with Gasteiger partial charge < -0.3 is 4.55 Å². The Labute approximate surface area is 182 Å². The first-order valence-corrected chi connectivity index (χ1v) is 9.38. The summed E-state index contributed by atoms with van der Waals surface area (Å²) in [7, 11) is -4.46. The van der Waals surface area contributed by atoms with E-state index in [2.05, 4.69) is 13.8 Å². The molecule has 0 spiro atoms. The maximum atomic E-state index is 11.6. The van der Waals surface area contributed by atoms with E-state index in [1.165, 1.54) is 5.56 Å². The molecule has 0 amide bonds. The van der Waals surface area contributed by atoms with E-state index in [1.54, 1.807) is 12.1 Å². The molecule has 0 saturated carbocycles. The van der Waals surface area contributed by atoms with Gasteiger partial charge in [-0.05, 0) is 53.6 Å². The smallest absolute Gasteiger partial charge is 0.744 e. The largest absolute Gasteiger partial charge is 1.00 e. The Bertz CT molecular complexity index is 749. The molecule has 23 heavy (non-hydrogen) atoms. The van der Waals surface area contributed by atoms with E-state index in [-0.39, 0.29) is 56.3 Å². The third-order valence-corrected chi connectivity index (χ3v) is 4.82. The van der Waals surface area contributed by atoms with Crippen LogP contribution in [0.25, 0.3) is 10.8 Å². The summed E-state index contributed by atoms with van der Waals surface area (Å²) in [6.07, 6.45) is 6.02. The van der Waals surface area contributed by atoms with Crippen molar-refractivity contribution in [1.29, 1.82) is 0 Å². The molecule has 0 heterocycles.